The van der Waals surface area contributed by atoms with Crippen molar-refractivity contribution in [3.63, 3.8) is 0 Å². The third kappa shape index (κ3) is 4.94. The highest BCUT2D eigenvalue weighted by Gasteiger charge is 2.45. The Morgan fingerprint density at radius 3 is 2.58 bits per heavy atom. The summed E-state index contributed by atoms with van der Waals surface area (Å²) in [7, 11) is -4.06. The van der Waals surface area contributed by atoms with E-state index in [4.69, 9.17) is 9.26 Å². The molecule has 1 fully saturated rings. The van der Waals surface area contributed by atoms with Crippen LogP contribution in [-0.2, 0) is 24.3 Å². The molecule has 2 unspecified atom stereocenters. The average molecular weight is 452 g/mol. The highest BCUT2D eigenvalue weighted by atomic mass is 32.2. The minimum atomic E-state index is -4.06. The highest BCUT2D eigenvalue weighted by Crippen LogP contribution is 2.28. The zero-order valence-corrected chi connectivity index (χ0v) is 18.5. The zero-order valence-electron chi connectivity index (χ0n) is 17.7. The summed E-state index contributed by atoms with van der Waals surface area (Å²) in [5.41, 5.74) is 1.71. The Balaban J connectivity index is 1.74. The van der Waals surface area contributed by atoms with Gasteiger partial charge in [-0.3, -0.25) is 9.59 Å². The van der Waals surface area contributed by atoms with Gasteiger partial charge in [-0.05, 0) is 51.0 Å². The number of β-amino-alcohol motifs (C(OH)–C–C–N with tert-alkyl or cyclic N) is 1. The fourth-order valence-electron chi connectivity index (χ4n) is 3.23. The number of sulfonamides is 1. The second-order valence-electron chi connectivity index (χ2n) is 7.62. The molecule has 10 nitrogen and oxygen atoms in total. The molecule has 1 aromatic heterocycles. The van der Waals surface area contributed by atoms with E-state index in [2.05, 4.69) is 10.5 Å². The maximum Gasteiger partial charge on any atom is 0.325 e. The summed E-state index contributed by atoms with van der Waals surface area (Å²) in [5.74, 6) is -0.903. The first-order valence-electron chi connectivity index (χ1n) is 9.71. The minimum Gasteiger partial charge on any atom is -0.451 e. The van der Waals surface area contributed by atoms with Crippen molar-refractivity contribution in [2.24, 2.45) is 0 Å². The number of benzene rings is 1. The van der Waals surface area contributed by atoms with Gasteiger partial charge < -0.3 is 19.7 Å². The Bertz CT molecular complexity index is 1100. The van der Waals surface area contributed by atoms with Crippen LogP contribution < -0.4 is 5.32 Å². The quantitative estimate of drug-likeness (QED) is 0.627. The number of aromatic nitrogens is 1. The topological polar surface area (TPSA) is 139 Å². The molecule has 0 radical (unpaired) electrons. The van der Waals surface area contributed by atoms with Crippen molar-refractivity contribution in [3.05, 3.63) is 41.2 Å². The van der Waals surface area contributed by atoms with Crippen LogP contribution in [0.25, 0.3) is 0 Å². The molecule has 168 valence electrons. The van der Waals surface area contributed by atoms with Crippen molar-refractivity contribution >= 4 is 27.7 Å². The number of nitrogens with one attached hydrogen (secondary N) is 1. The van der Waals surface area contributed by atoms with E-state index in [0.717, 1.165) is 15.4 Å². The molecule has 0 saturated carbocycles. The molecule has 2 heterocycles. The maximum atomic E-state index is 13.1. The van der Waals surface area contributed by atoms with E-state index >= 15 is 0 Å². The Morgan fingerprint density at radius 1 is 1.26 bits per heavy atom. The number of nitrogens with zero attached hydrogens (tertiary/aromatic N) is 2. The van der Waals surface area contributed by atoms with Crippen LogP contribution in [0.2, 0.25) is 0 Å². The maximum absolute atomic E-state index is 13.1. The van der Waals surface area contributed by atoms with E-state index < -0.39 is 40.1 Å². The number of esters is 1. The van der Waals surface area contributed by atoms with Crippen LogP contribution in [0.1, 0.15) is 30.2 Å². The number of ether oxygens (including phenoxy) is 1. The molecular formula is C20H25N3O7S. The van der Waals surface area contributed by atoms with Gasteiger partial charge in [-0.25, -0.2) is 8.42 Å². The van der Waals surface area contributed by atoms with Crippen molar-refractivity contribution in [2.75, 3.05) is 11.9 Å². The third-order valence-corrected chi connectivity index (χ3v) is 7.00. The van der Waals surface area contributed by atoms with Crippen LogP contribution in [-0.4, -0.2) is 59.7 Å². The first-order valence-corrected chi connectivity index (χ1v) is 11.1. The van der Waals surface area contributed by atoms with Gasteiger partial charge in [0.25, 0.3) is 5.91 Å². The van der Waals surface area contributed by atoms with Gasteiger partial charge in [-0.15, -0.1) is 0 Å². The molecule has 11 heteroatoms. The van der Waals surface area contributed by atoms with E-state index in [9.17, 15) is 23.1 Å². The van der Waals surface area contributed by atoms with Crippen molar-refractivity contribution in [1.82, 2.24) is 9.46 Å². The predicted octanol–water partition coefficient (Wildman–Crippen LogP) is 1.29. The van der Waals surface area contributed by atoms with Crippen LogP contribution in [0.15, 0.2) is 33.7 Å². The lowest BCUT2D eigenvalue weighted by molar-refractivity contribution is -0.156. The zero-order chi connectivity index (χ0) is 22.9. The van der Waals surface area contributed by atoms with Gasteiger partial charge in [0, 0.05) is 19.0 Å². The van der Waals surface area contributed by atoms with Gasteiger partial charge in [-0.1, -0.05) is 11.2 Å². The fraction of sp³-hybridized carbons (Fsp3) is 0.450. The number of carbonyl (C=O) groups is 2. The van der Waals surface area contributed by atoms with Crippen LogP contribution in [0, 0.1) is 20.8 Å². The fourth-order valence-corrected chi connectivity index (χ4v) is 4.95. The third-order valence-electron chi connectivity index (χ3n) is 5.13. The molecule has 1 aromatic carbocycles. The first-order chi connectivity index (χ1) is 14.5. The summed E-state index contributed by atoms with van der Waals surface area (Å²) in [6, 6.07) is 4.91. The summed E-state index contributed by atoms with van der Waals surface area (Å²) in [6.07, 6.45) is -2.37. The molecule has 1 aliphatic rings. The lowest BCUT2D eigenvalue weighted by Gasteiger charge is -2.24. The monoisotopic (exact) mass is 451 g/mol. The number of rotatable bonds is 6. The van der Waals surface area contributed by atoms with Crippen LogP contribution in [0.4, 0.5) is 5.82 Å². The SMILES string of the molecule is Cc1cc(NC(=O)C(C)OC(=O)[C@@H]2CC(O)CN2S(=O)(=O)c2ccc(C)c(C)c2)no1. The Hall–Kier alpha value is -2.76. The largest absolute Gasteiger partial charge is 0.451 e. The number of hydrogen-bond acceptors (Lipinski definition) is 8. The summed E-state index contributed by atoms with van der Waals surface area (Å²) in [5, 5.41) is 16.1. The van der Waals surface area contributed by atoms with Crippen molar-refractivity contribution in [3.8, 4) is 0 Å². The van der Waals surface area contributed by atoms with Crippen LogP contribution in [0.5, 0.6) is 0 Å². The van der Waals surface area contributed by atoms with Crippen LogP contribution >= 0.6 is 0 Å². The average Bonchev–Trinajstić information content (AvgIpc) is 3.29. The number of aliphatic hydroxyl groups is 1. The van der Waals surface area contributed by atoms with Gasteiger partial charge in [0.2, 0.25) is 10.0 Å². The van der Waals surface area contributed by atoms with E-state index in [1.807, 2.05) is 6.92 Å². The molecular weight excluding hydrogens is 426 g/mol. The number of aryl methyl sites for hydroxylation is 3. The lowest BCUT2D eigenvalue weighted by atomic mass is 10.1. The molecule has 2 aromatic rings. The second kappa shape index (κ2) is 8.77. The minimum absolute atomic E-state index is 0.0229. The van der Waals surface area contributed by atoms with Gasteiger partial charge in [0.1, 0.15) is 11.8 Å². The van der Waals surface area contributed by atoms with E-state index in [1.165, 1.54) is 25.1 Å². The molecule has 3 atom stereocenters. The normalized spacial score (nSPS) is 20.4. The van der Waals surface area contributed by atoms with Crippen LogP contribution in [0.3, 0.4) is 0 Å². The van der Waals surface area contributed by atoms with Gasteiger partial charge in [0.05, 0.1) is 11.0 Å². The molecule has 1 saturated heterocycles. The Labute approximate surface area is 180 Å². The van der Waals surface area contributed by atoms with Gasteiger partial charge in [-0.2, -0.15) is 4.31 Å². The number of carbonyl (C=O) groups excluding carboxylic acids is 2. The first kappa shape index (κ1) is 22.9. The smallest absolute Gasteiger partial charge is 0.325 e. The molecule has 0 spiro atoms. The molecule has 1 aliphatic heterocycles. The summed E-state index contributed by atoms with van der Waals surface area (Å²) in [6.45, 7) is 6.41. The Morgan fingerprint density at radius 2 is 1.97 bits per heavy atom. The van der Waals surface area contributed by atoms with Gasteiger partial charge in [0.15, 0.2) is 11.9 Å². The molecule has 1 amide bonds. The standard InChI is InChI=1S/C20H25N3O7S/c1-11-5-6-16(7-12(11)2)31(27,28)23-10-15(24)9-17(23)20(26)29-14(4)19(25)21-18-8-13(3)30-22-18/h5-8,14-15,17,24H,9-10H2,1-4H3,(H,21,22,25)/t14?,15?,17-/m0/s1. The van der Waals surface area contributed by atoms with Gasteiger partial charge >= 0.3 is 5.97 Å². The molecule has 31 heavy (non-hydrogen) atoms. The van der Waals surface area contributed by atoms with E-state index in [-0.39, 0.29) is 23.7 Å². The molecule has 0 aliphatic carbocycles. The van der Waals surface area contributed by atoms with E-state index in [0.29, 0.717) is 5.76 Å². The number of aliphatic hydroxyl groups excluding tert-OH is 1. The summed E-state index contributed by atoms with van der Waals surface area (Å²) >= 11 is 0. The number of anilines is 1. The summed E-state index contributed by atoms with van der Waals surface area (Å²) in [4.78, 5) is 25.0. The molecule has 2 N–H and O–H groups in total. The van der Waals surface area contributed by atoms with E-state index in [1.54, 1.807) is 19.9 Å². The predicted molar refractivity (Wildman–Crippen MR) is 110 cm³/mol. The Kier molecular flexibility index (Phi) is 6.48. The van der Waals surface area contributed by atoms with Crippen molar-refractivity contribution in [2.45, 2.75) is 57.3 Å². The lowest BCUT2D eigenvalue weighted by Crippen LogP contribution is -2.43. The molecule has 0 bridgehead atoms. The number of amides is 1. The number of hydrogen-bond donors (Lipinski definition) is 2. The van der Waals surface area contributed by atoms with Crippen molar-refractivity contribution < 1.29 is 32.4 Å². The van der Waals surface area contributed by atoms with Crippen molar-refractivity contribution in [1.29, 1.82) is 0 Å². The summed E-state index contributed by atoms with van der Waals surface area (Å²) < 4.78 is 37.2. The highest BCUT2D eigenvalue weighted by molar-refractivity contribution is 7.89. The molecule has 3 rings (SSSR count). The second-order valence-corrected chi connectivity index (χ2v) is 9.51.